The van der Waals surface area contributed by atoms with Crippen LogP contribution in [-0.4, -0.2) is 12.6 Å². The van der Waals surface area contributed by atoms with Crippen LogP contribution in [0.4, 0.5) is 22.0 Å². The van der Waals surface area contributed by atoms with Gasteiger partial charge < -0.3 is 9.47 Å². The van der Waals surface area contributed by atoms with Crippen LogP contribution in [0.3, 0.4) is 0 Å². The third kappa shape index (κ3) is 8.98. The number of hydrogen-bond acceptors (Lipinski definition) is 3. The van der Waals surface area contributed by atoms with Gasteiger partial charge in [-0.3, -0.25) is 0 Å². The zero-order valence-corrected chi connectivity index (χ0v) is 22.0. The maximum atomic E-state index is 14.5. The van der Waals surface area contributed by atoms with Crippen molar-refractivity contribution in [2.24, 2.45) is 11.8 Å². The number of ether oxygens (including phenoxy) is 2. The predicted octanol–water partition coefficient (Wildman–Crippen LogP) is 9.32. The summed E-state index contributed by atoms with van der Waals surface area (Å²) < 4.78 is 79.0. The molecular weight excluding hydrogens is 503 g/mol. The van der Waals surface area contributed by atoms with E-state index in [1.807, 2.05) is 0 Å². The van der Waals surface area contributed by atoms with Gasteiger partial charge in [-0.2, -0.15) is 0 Å². The number of esters is 1. The SMILES string of the molecule is CCCCCCCCCC[C@H]1CC[C@H](COc2cc(F)c(C(=O)Oc3cc(F)c(F)c(F)c3)c(F)c2)CC1. The van der Waals surface area contributed by atoms with Crippen LogP contribution < -0.4 is 9.47 Å². The summed E-state index contributed by atoms with van der Waals surface area (Å²) in [5.41, 5.74) is -1.04. The molecule has 38 heavy (non-hydrogen) atoms. The Hall–Kier alpha value is -2.64. The average molecular weight is 541 g/mol. The lowest BCUT2D eigenvalue weighted by Crippen LogP contribution is -2.20. The molecule has 0 N–H and O–H groups in total. The molecule has 1 aliphatic carbocycles. The minimum absolute atomic E-state index is 0.0588. The number of halogens is 5. The molecule has 0 saturated heterocycles. The van der Waals surface area contributed by atoms with Gasteiger partial charge in [0.05, 0.1) is 6.61 Å². The van der Waals surface area contributed by atoms with Gasteiger partial charge in [0, 0.05) is 24.3 Å². The Morgan fingerprint density at radius 3 is 1.79 bits per heavy atom. The molecule has 2 aromatic rings. The van der Waals surface area contributed by atoms with Gasteiger partial charge in [0.25, 0.3) is 0 Å². The minimum atomic E-state index is -1.75. The summed E-state index contributed by atoms with van der Waals surface area (Å²) in [5.74, 6) is -8.67. The van der Waals surface area contributed by atoms with Crippen molar-refractivity contribution in [3.63, 3.8) is 0 Å². The average Bonchev–Trinajstić information content (AvgIpc) is 2.88. The highest BCUT2D eigenvalue weighted by Gasteiger charge is 2.24. The largest absolute Gasteiger partial charge is 0.493 e. The molecule has 1 fully saturated rings. The van der Waals surface area contributed by atoms with Crippen LogP contribution in [0.2, 0.25) is 0 Å². The minimum Gasteiger partial charge on any atom is -0.493 e. The number of rotatable bonds is 14. The zero-order chi connectivity index (χ0) is 27.5. The maximum absolute atomic E-state index is 14.5. The first kappa shape index (κ1) is 29.9. The molecule has 0 spiro atoms. The van der Waals surface area contributed by atoms with Crippen molar-refractivity contribution in [3.05, 3.63) is 58.9 Å². The molecule has 0 amide bonds. The van der Waals surface area contributed by atoms with E-state index in [0.717, 1.165) is 43.7 Å². The van der Waals surface area contributed by atoms with Gasteiger partial charge >= 0.3 is 5.97 Å². The van der Waals surface area contributed by atoms with Crippen LogP contribution in [0.15, 0.2) is 24.3 Å². The monoisotopic (exact) mass is 540 g/mol. The van der Waals surface area contributed by atoms with E-state index in [9.17, 15) is 26.7 Å². The van der Waals surface area contributed by atoms with E-state index in [1.165, 1.54) is 57.8 Å². The molecule has 2 aromatic carbocycles. The highest BCUT2D eigenvalue weighted by Crippen LogP contribution is 2.33. The molecule has 3 nitrogen and oxygen atoms in total. The smallest absolute Gasteiger partial charge is 0.349 e. The standard InChI is InChI=1S/C30H37F5O3/c1-2-3-4-5-6-7-8-9-10-20-11-13-21(14-12-20)19-37-22-15-24(31)28(25(32)16-22)30(36)38-23-17-26(33)29(35)27(34)18-23/h15-18,20-21H,2-14,19H2,1H3/t20-,21-. The third-order valence-electron chi connectivity index (χ3n) is 7.31. The summed E-state index contributed by atoms with van der Waals surface area (Å²) in [4.78, 5) is 12.2. The number of hydrogen-bond donors (Lipinski definition) is 0. The van der Waals surface area contributed by atoms with Gasteiger partial charge in [0.1, 0.15) is 28.7 Å². The lowest BCUT2D eigenvalue weighted by Gasteiger charge is -2.28. The quantitative estimate of drug-likeness (QED) is 0.0787. The first-order valence-corrected chi connectivity index (χ1v) is 13.8. The van der Waals surface area contributed by atoms with Gasteiger partial charge in [-0.1, -0.05) is 77.6 Å². The van der Waals surface area contributed by atoms with Crippen LogP contribution >= 0.6 is 0 Å². The molecular formula is C30H37F5O3. The van der Waals surface area contributed by atoms with Gasteiger partial charge in [-0.05, 0) is 24.7 Å². The lowest BCUT2D eigenvalue weighted by molar-refractivity contribution is 0.0723. The number of unbranched alkanes of at least 4 members (excludes halogenated alkanes) is 7. The Balaban J connectivity index is 1.41. The van der Waals surface area contributed by atoms with Crippen LogP contribution in [0, 0.1) is 40.9 Å². The number of carbonyl (C=O) groups is 1. The molecule has 0 heterocycles. The fraction of sp³-hybridized carbons (Fsp3) is 0.567. The Morgan fingerprint density at radius 2 is 1.21 bits per heavy atom. The first-order chi connectivity index (χ1) is 18.3. The van der Waals surface area contributed by atoms with Crippen molar-refractivity contribution in [3.8, 4) is 11.5 Å². The van der Waals surface area contributed by atoms with Crippen LogP contribution in [0.5, 0.6) is 11.5 Å². The molecule has 210 valence electrons. The molecule has 0 radical (unpaired) electrons. The van der Waals surface area contributed by atoms with E-state index >= 15 is 0 Å². The van der Waals surface area contributed by atoms with Crippen molar-refractivity contribution >= 4 is 5.97 Å². The Kier molecular flexibility index (Phi) is 11.9. The fourth-order valence-corrected chi connectivity index (χ4v) is 5.05. The summed E-state index contributed by atoms with van der Waals surface area (Å²) in [6.07, 6.45) is 16.1. The molecule has 8 heteroatoms. The number of benzene rings is 2. The maximum Gasteiger partial charge on any atom is 0.349 e. The summed E-state index contributed by atoms with van der Waals surface area (Å²) in [6, 6.07) is 2.57. The van der Waals surface area contributed by atoms with Gasteiger partial charge in [-0.15, -0.1) is 0 Å². The van der Waals surface area contributed by atoms with Crippen molar-refractivity contribution in [2.75, 3.05) is 6.61 Å². The highest BCUT2D eigenvalue weighted by molar-refractivity contribution is 5.91. The second-order valence-corrected chi connectivity index (χ2v) is 10.3. The normalized spacial score (nSPS) is 17.4. The fourth-order valence-electron chi connectivity index (χ4n) is 5.05. The highest BCUT2D eigenvalue weighted by atomic mass is 19.2. The Labute approximate surface area is 221 Å². The van der Waals surface area contributed by atoms with E-state index in [2.05, 4.69) is 11.7 Å². The summed E-state index contributed by atoms with van der Waals surface area (Å²) >= 11 is 0. The summed E-state index contributed by atoms with van der Waals surface area (Å²) in [6.45, 7) is 2.55. The molecule has 0 aromatic heterocycles. The van der Waals surface area contributed by atoms with Crippen molar-refractivity contribution < 1.29 is 36.2 Å². The second kappa shape index (κ2) is 15.1. The molecule has 1 saturated carbocycles. The van der Waals surface area contributed by atoms with E-state index in [4.69, 9.17) is 4.74 Å². The molecule has 0 aliphatic heterocycles. The zero-order valence-electron chi connectivity index (χ0n) is 22.0. The van der Waals surface area contributed by atoms with Crippen LogP contribution in [0.25, 0.3) is 0 Å². The third-order valence-corrected chi connectivity index (χ3v) is 7.31. The van der Waals surface area contributed by atoms with Crippen LogP contribution in [-0.2, 0) is 0 Å². The van der Waals surface area contributed by atoms with Crippen molar-refractivity contribution in [1.82, 2.24) is 0 Å². The topological polar surface area (TPSA) is 35.5 Å². The van der Waals surface area contributed by atoms with E-state index < -0.39 is 46.4 Å². The molecule has 0 bridgehead atoms. The molecule has 3 rings (SSSR count). The van der Waals surface area contributed by atoms with E-state index in [0.29, 0.717) is 24.7 Å². The van der Waals surface area contributed by atoms with Gasteiger partial charge in [0.2, 0.25) is 0 Å². The van der Waals surface area contributed by atoms with Crippen molar-refractivity contribution in [1.29, 1.82) is 0 Å². The lowest BCUT2D eigenvalue weighted by atomic mass is 9.80. The Bertz CT molecular complexity index is 1000. The van der Waals surface area contributed by atoms with Crippen molar-refractivity contribution in [2.45, 2.75) is 90.4 Å². The summed E-state index contributed by atoms with van der Waals surface area (Å²) in [7, 11) is 0. The predicted molar refractivity (Wildman–Crippen MR) is 136 cm³/mol. The molecule has 0 unspecified atom stereocenters. The summed E-state index contributed by atoms with van der Waals surface area (Å²) in [5, 5.41) is 0. The van der Waals surface area contributed by atoms with Gasteiger partial charge in [0.15, 0.2) is 17.5 Å². The van der Waals surface area contributed by atoms with E-state index in [-0.39, 0.29) is 5.75 Å². The van der Waals surface area contributed by atoms with Crippen LogP contribution in [0.1, 0.15) is 101 Å². The Morgan fingerprint density at radius 1 is 0.711 bits per heavy atom. The molecule has 1 aliphatic rings. The molecule has 0 atom stereocenters. The first-order valence-electron chi connectivity index (χ1n) is 13.8. The second-order valence-electron chi connectivity index (χ2n) is 10.3. The van der Waals surface area contributed by atoms with Gasteiger partial charge in [-0.25, -0.2) is 26.7 Å². The number of carbonyl (C=O) groups excluding carboxylic acids is 1. The van der Waals surface area contributed by atoms with E-state index in [1.54, 1.807) is 0 Å².